The number of nitrogens with one attached hydrogen (secondary N) is 3. The molecule has 3 heterocycles. The Morgan fingerprint density at radius 3 is 2.61 bits per heavy atom. The summed E-state index contributed by atoms with van der Waals surface area (Å²) in [6, 6.07) is 7.97. The number of pyridine rings is 1. The van der Waals surface area contributed by atoms with Crippen LogP contribution in [0.3, 0.4) is 0 Å². The summed E-state index contributed by atoms with van der Waals surface area (Å²) >= 11 is 0. The quantitative estimate of drug-likeness (QED) is 0.513. The van der Waals surface area contributed by atoms with Gasteiger partial charge in [-0.05, 0) is 61.6 Å². The number of aromatic amines is 1. The van der Waals surface area contributed by atoms with E-state index in [2.05, 4.69) is 60.3 Å². The van der Waals surface area contributed by atoms with E-state index in [0.717, 1.165) is 67.0 Å². The lowest BCUT2D eigenvalue weighted by atomic mass is 9.98. The minimum atomic E-state index is -0.229. The molecule has 0 amide bonds. The topological polar surface area (TPSA) is 85.3 Å². The van der Waals surface area contributed by atoms with Gasteiger partial charge in [-0.15, -0.1) is 5.10 Å². The van der Waals surface area contributed by atoms with Crippen molar-refractivity contribution in [3.63, 3.8) is 0 Å². The molecule has 3 N–H and O–H groups in total. The van der Waals surface area contributed by atoms with E-state index in [1.165, 1.54) is 4.90 Å². The van der Waals surface area contributed by atoms with E-state index in [1.807, 2.05) is 23.7 Å². The van der Waals surface area contributed by atoms with E-state index in [4.69, 9.17) is 0 Å². The Hall–Kier alpha value is -2.58. The van der Waals surface area contributed by atoms with Gasteiger partial charge < -0.3 is 14.8 Å². The summed E-state index contributed by atoms with van der Waals surface area (Å²) < 4.78 is 1.93. The molecule has 8 nitrogen and oxygen atoms in total. The van der Waals surface area contributed by atoms with Crippen LogP contribution < -0.4 is 15.4 Å². The van der Waals surface area contributed by atoms with Gasteiger partial charge in [0.1, 0.15) is 26.2 Å². The fraction of sp³-hybridized carbons (Fsp3) is 0.565. The summed E-state index contributed by atoms with van der Waals surface area (Å²) in [6.45, 7) is 16.0. The molecule has 3 aromatic rings. The van der Waals surface area contributed by atoms with Crippen molar-refractivity contribution in [1.29, 1.82) is 0 Å². The van der Waals surface area contributed by atoms with E-state index in [-0.39, 0.29) is 17.1 Å². The third-order valence-corrected chi connectivity index (χ3v) is 7.13. The highest BCUT2D eigenvalue weighted by atomic mass is 16.1. The first-order chi connectivity index (χ1) is 14.9. The number of rotatable bonds is 6. The number of aryl methyl sites for hydroxylation is 1. The SMILES string of the molecule is CC[NH+]1CC[NH+]([C@H](c2cc3cccc(C)c3[nH]c2=O)c2nnnn2C(C)(C)CC)CC1. The van der Waals surface area contributed by atoms with Crippen LogP contribution in [0.5, 0.6) is 0 Å². The zero-order valence-corrected chi connectivity index (χ0v) is 19.3. The lowest BCUT2D eigenvalue weighted by Crippen LogP contribution is -3.28. The van der Waals surface area contributed by atoms with Crippen LogP contribution in [0.4, 0.5) is 0 Å². The van der Waals surface area contributed by atoms with Gasteiger partial charge in [0.15, 0.2) is 6.04 Å². The van der Waals surface area contributed by atoms with E-state index in [0.29, 0.717) is 0 Å². The number of nitrogens with zero attached hydrogens (tertiary/aromatic N) is 4. The van der Waals surface area contributed by atoms with Crippen molar-refractivity contribution in [1.82, 2.24) is 25.2 Å². The van der Waals surface area contributed by atoms with Gasteiger partial charge in [-0.25, -0.2) is 4.68 Å². The van der Waals surface area contributed by atoms with Gasteiger partial charge in [-0.2, -0.15) is 0 Å². The van der Waals surface area contributed by atoms with E-state index in [1.54, 1.807) is 4.90 Å². The molecular weight excluding hydrogens is 390 g/mol. The largest absolute Gasteiger partial charge is 0.326 e. The van der Waals surface area contributed by atoms with Crippen molar-refractivity contribution in [3.05, 3.63) is 51.6 Å². The van der Waals surface area contributed by atoms with E-state index < -0.39 is 0 Å². The molecule has 0 unspecified atom stereocenters. The minimum absolute atomic E-state index is 0.0478. The number of hydrogen-bond acceptors (Lipinski definition) is 4. The second kappa shape index (κ2) is 8.51. The molecule has 2 aromatic heterocycles. The highest BCUT2D eigenvalue weighted by Gasteiger charge is 2.39. The summed E-state index contributed by atoms with van der Waals surface area (Å²) in [6.07, 6.45) is 0.897. The molecule has 1 atom stereocenters. The number of fused-ring (bicyclic) bond motifs is 1. The highest BCUT2D eigenvalue weighted by Crippen LogP contribution is 2.25. The summed E-state index contributed by atoms with van der Waals surface area (Å²) in [4.78, 5) is 19.5. The van der Waals surface area contributed by atoms with Crippen LogP contribution in [0.15, 0.2) is 29.1 Å². The first-order valence-electron chi connectivity index (χ1n) is 11.4. The Kier molecular flexibility index (Phi) is 5.94. The van der Waals surface area contributed by atoms with Crippen molar-refractivity contribution in [2.45, 2.75) is 52.6 Å². The van der Waals surface area contributed by atoms with Crippen molar-refractivity contribution in [3.8, 4) is 0 Å². The zero-order valence-electron chi connectivity index (χ0n) is 19.3. The molecular formula is C23H35N7O+2. The normalized spacial score (nSPS) is 20.8. The average molecular weight is 426 g/mol. The van der Waals surface area contributed by atoms with E-state index in [9.17, 15) is 4.79 Å². The lowest BCUT2D eigenvalue weighted by Gasteiger charge is -2.35. The third-order valence-electron chi connectivity index (χ3n) is 7.13. The first-order valence-corrected chi connectivity index (χ1v) is 11.4. The van der Waals surface area contributed by atoms with Gasteiger partial charge in [-0.1, -0.05) is 25.1 Å². The van der Waals surface area contributed by atoms with Crippen LogP contribution in [-0.2, 0) is 5.54 Å². The molecule has 1 saturated heterocycles. The summed E-state index contributed by atoms with van der Waals surface area (Å²) in [5.74, 6) is 0.777. The Bertz CT molecular complexity index is 1110. The van der Waals surface area contributed by atoms with Crippen LogP contribution in [0.1, 0.15) is 57.1 Å². The molecule has 8 heteroatoms. The van der Waals surface area contributed by atoms with Crippen molar-refractivity contribution in [2.24, 2.45) is 0 Å². The fourth-order valence-corrected chi connectivity index (χ4v) is 4.68. The molecule has 0 bridgehead atoms. The van der Waals surface area contributed by atoms with Crippen LogP contribution in [0, 0.1) is 6.92 Å². The zero-order chi connectivity index (χ0) is 22.2. The molecule has 0 aliphatic carbocycles. The number of aromatic nitrogens is 5. The fourth-order valence-electron chi connectivity index (χ4n) is 4.68. The molecule has 1 fully saturated rings. The molecule has 0 radical (unpaired) electrons. The van der Waals surface area contributed by atoms with Crippen molar-refractivity contribution < 1.29 is 9.80 Å². The number of H-pyrrole nitrogens is 1. The van der Waals surface area contributed by atoms with Gasteiger partial charge in [0.25, 0.3) is 5.56 Å². The number of para-hydroxylation sites is 1. The maximum Gasteiger partial charge on any atom is 0.258 e. The Morgan fingerprint density at radius 2 is 1.94 bits per heavy atom. The van der Waals surface area contributed by atoms with Gasteiger partial charge in [-0.3, -0.25) is 4.79 Å². The first kappa shape index (κ1) is 21.6. The maximum atomic E-state index is 13.4. The number of quaternary nitrogens is 2. The number of tetrazole rings is 1. The highest BCUT2D eigenvalue weighted by molar-refractivity contribution is 5.82. The van der Waals surface area contributed by atoms with Crippen molar-refractivity contribution in [2.75, 3.05) is 32.7 Å². The van der Waals surface area contributed by atoms with Gasteiger partial charge in [0.05, 0.1) is 23.2 Å². The molecule has 0 spiro atoms. The number of piperazine rings is 1. The number of likely N-dealkylation sites (N-methyl/N-ethyl adjacent to an activating group) is 1. The monoisotopic (exact) mass is 425 g/mol. The summed E-state index contributed by atoms with van der Waals surface area (Å²) in [5.41, 5.74) is 2.44. The Balaban J connectivity index is 1.87. The number of hydrogen-bond donors (Lipinski definition) is 3. The average Bonchev–Trinajstić information content (AvgIpc) is 3.26. The van der Waals surface area contributed by atoms with E-state index >= 15 is 0 Å². The molecule has 0 saturated carbocycles. The van der Waals surface area contributed by atoms with Crippen LogP contribution in [-0.4, -0.2) is 57.9 Å². The molecule has 1 aliphatic rings. The standard InChI is InChI=1S/C23H33N7O/c1-6-23(4,5)30-21(25-26-27-30)20(29-13-11-28(7-2)12-14-29)18-15-17-10-8-9-16(3)19(17)24-22(18)31/h8-10,15,20H,6-7,11-14H2,1-5H3,(H,24,31)/p+2/t20-/m1/s1. The molecule has 1 aliphatic heterocycles. The molecule has 31 heavy (non-hydrogen) atoms. The summed E-state index contributed by atoms with van der Waals surface area (Å²) in [5, 5.41) is 13.9. The second-order valence-electron chi connectivity index (χ2n) is 9.40. The van der Waals surface area contributed by atoms with Gasteiger partial charge in [0, 0.05) is 0 Å². The molecule has 1 aromatic carbocycles. The second-order valence-corrected chi connectivity index (χ2v) is 9.40. The Morgan fingerprint density at radius 1 is 1.19 bits per heavy atom. The van der Waals surface area contributed by atoms with Crippen LogP contribution in [0.2, 0.25) is 0 Å². The van der Waals surface area contributed by atoms with Crippen LogP contribution >= 0.6 is 0 Å². The minimum Gasteiger partial charge on any atom is -0.326 e. The smallest absolute Gasteiger partial charge is 0.258 e. The Labute approximate surface area is 183 Å². The number of benzene rings is 1. The lowest BCUT2D eigenvalue weighted by molar-refractivity contribution is -1.02. The maximum absolute atomic E-state index is 13.4. The molecule has 166 valence electrons. The van der Waals surface area contributed by atoms with Crippen molar-refractivity contribution >= 4 is 10.9 Å². The third kappa shape index (κ3) is 4.02. The predicted octanol–water partition coefficient (Wildman–Crippen LogP) is -0.139. The predicted molar refractivity (Wildman–Crippen MR) is 121 cm³/mol. The summed E-state index contributed by atoms with van der Waals surface area (Å²) in [7, 11) is 0. The van der Waals surface area contributed by atoms with Gasteiger partial charge in [0.2, 0.25) is 5.82 Å². The van der Waals surface area contributed by atoms with Gasteiger partial charge >= 0.3 is 0 Å². The van der Waals surface area contributed by atoms with Crippen LogP contribution in [0.25, 0.3) is 10.9 Å². The molecule has 4 rings (SSSR count).